The molecule has 0 saturated carbocycles. The van der Waals surface area contributed by atoms with E-state index in [4.69, 9.17) is 5.84 Å². The highest BCUT2D eigenvalue weighted by molar-refractivity contribution is 9.10. The fourth-order valence-corrected chi connectivity index (χ4v) is 3.63. The number of halogens is 1. The van der Waals surface area contributed by atoms with Crippen molar-refractivity contribution in [1.82, 2.24) is 5.43 Å². The quantitative estimate of drug-likeness (QED) is 0.471. The second-order valence-corrected chi connectivity index (χ2v) is 6.65. The summed E-state index contributed by atoms with van der Waals surface area (Å²) in [6, 6.07) is 17.0. The van der Waals surface area contributed by atoms with E-state index in [1.54, 1.807) is 0 Å². The molecule has 0 radical (unpaired) electrons. The maximum Gasteiger partial charge on any atom is 0.0345 e. The van der Waals surface area contributed by atoms with Crippen molar-refractivity contribution in [2.24, 2.45) is 5.84 Å². The first-order valence-electron chi connectivity index (χ1n) is 6.58. The van der Waals surface area contributed by atoms with Crippen molar-refractivity contribution in [2.45, 2.75) is 24.3 Å². The molecule has 2 nitrogen and oxygen atoms in total. The summed E-state index contributed by atoms with van der Waals surface area (Å²) >= 11 is 5.39. The van der Waals surface area contributed by atoms with Gasteiger partial charge >= 0.3 is 0 Å². The van der Waals surface area contributed by atoms with Crippen molar-refractivity contribution >= 4 is 27.7 Å². The minimum absolute atomic E-state index is 0.258. The van der Waals surface area contributed by atoms with Crippen LogP contribution in [0.15, 0.2) is 57.9 Å². The normalized spacial score (nSPS) is 12.3. The molecule has 20 heavy (non-hydrogen) atoms. The van der Waals surface area contributed by atoms with Crippen molar-refractivity contribution in [2.75, 3.05) is 5.75 Å². The lowest BCUT2D eigenvalue weighted by Gasteiger charge is -2.17. The monoisotopic (exact) mass is 350 g/mol. The van der Waals surface area contributed by atoms with E-state index in [1.807, 2.05) is 17.8 Å². The summed E-state index contributed by atoms with van der Waals surface area (Å²) in [5.41, 5.74) is 5.60. The van der Waals surface area contributed by atoms with E-state index in [0.717, 1.165) is 16.6 Å². The number of hydrazine groups is 1. The van der Waals surface area contributed by atoms with Crippen LogP contribution < -0.4 is 11.3 Å². The first-order chi connectivity index (χ1) is 9.70. The lowest BCUT2D eigenvalue weighted by molar-refractivity contribution is 0.574. The predicted molar refractivity (Wildman–Crippen MR) is 90.9 cm³/mol. The van der Waals surface area contributed by atoms with Crippen LogP contribution in [0.25, 0.3) is 0 Å². The van der Waals surface area contributed by atoms with Crippen molar-refractivity contribution < 1.29 is 0 Å². The van der Waals surface area contributed by atoms with Gasteiger partial charge in [0.2, 0.25) is 0 Å². The molecule has 0 aliphatic heterocycles. The summed E-state index contributed by atoms with van der Waals surface area (Å²) in [4.78, 5) is 1.25. The maximum atomic E-state index is 5.70. The van der Waals surface area contributed by atoms with Crippen LogP contribution in [0.3, 0.4) is 0 Å². The average Bonchev–Trinajstić information content (AvgIpc) is 2.47. The van der Waals surface area contributed by atoms with Crippen LogP contribution in [0.5, 0.6) is 0 Å². The highest BCUT2D eigenvalue weighted by atomic mass is 79.9. The van der Waals surface area contributed by atoms with Gasteiger partial charge in [0, 0.05) is 21.2 Å². The minimum atomic E-state index is 0.258. The van der Waals surface area contributed by atoms with Crippen molar-refractivity contribution in [3.63, 3.8) is 0 Å². The number of hydrogen-bond acceptors (Lipinski definition) is 3. The summed E-state index contributed by atoms with van der Waals surface area (Å²) in [5.74, 6) is 6.64. The molecule has 4 heteroatoms. The van der Waals surface area contributed by atoms with E-state index in [2.05, 4.69) is 70.7 Å². The SMILES string of the molecule is Cc1ccccc1CC(CSc1ccccc1Br)NN. The molecule has 3 N–H and O–H groups in total. The van der Waals surface area contributed by atoms with Gasteiger partial charge < -0.3 is 0 Å². The molecular weight excluding hydrogens is 332 g/mol. The zero-order valence-corrected chi connectivity index (χ0v) is 13.9. The topological polar surface area (TPSA) is 38.0 Å². The number of aryl methyl sites for hydroxylation is 1. The van der Waals surface area contributed by atoms with Crippen LogP contribution >= 0.6 is 27.7 Å². The van der Waals surface area contributed by atoms with Crippen LogP contribution in [0, 0.1) is 6.92 Å². The van der Waals surface area contributed by atoms with E-state index < -0.39 is 0 Å². The summed E-state index contributed by atoms with van der Waals surface area (Å²) in [6.07, 6.45) is 0.945. The van der Waals surface area contributed by atoms with E-state index in [1.165, 1.54) is 16.0 Å². The third-order valence-electron chi connectivity index (χ3n) is 3.24. The van der Waals surface area contributed by atoms with Gasteiger partial charge in [-0.1, -0.05) is 36.4 Å². The lowest BCUT2D eigenvalue weighted by Crippen LogP contribution is -2.38. The Balaban J connectivity index is 1.96. The molecule has 0 fully saturated rings. The largest absolute Gasteiger partial charge is 0.271 e. The predicted octanol–water partition coefficient (Wildman–Crippen LogP) is 3.92. The highest BCUT2D eigenvalue weighted by Crippen LogP contribution is 2.27. The molecule has 0 aromatic heterocycles. The van der Waals surface area contributed by atoms with E-state index in [0.29, 0.717) is 0 Å². The third kappa shape index (κ3) is 4.35. The second kappa shape index (κ2) is 7.84. The van der Waals surface area contributed by atoms with Crippen molar-refractivity contribution in [1.29, 1.82) is 0 Å². The second-order valence-electron chi connectivity index (χ2n) is 4.74. The molecule has 106 valence electrons. The zero-order chi connectivity index (χ0) is 14.4. The lowest BCUT2D eigenvalue weighted by atomic mass is 10.0. The molecule has 0 aliphatic carbocycles. The summed E-state index contributed by atoms with van der Waals surface area (Å²) < 4.78 is 1.14. The molecule has 0 aliphatic rings. The average molecular weight is 351 g/mol. The van der Waals surface area contributed by atoms with Crippen LogP contribution in [0.2, 0.25) is 0 Å². The fraction of sp³-hybridized carbons (Fsp3) is 0.250. The zero-order valence-electron chi connectivity index (χ0n) is 11.5. The van der Waals surface area contributed by atoms with Gasteiger partial charge in [0.1, 0.15) is 0 Å². The minimum Gasteiger partial charge on any atom is -0.271 e. The number of benzene rings is 2. The standard InChI is InChI=1S/C16H19BrN2S/c1-12-6-2-3-7-13(12)10-14(19-18)11-20-16-9-5-4-8-15(16)17/h2-9,14,19H,10-11,18H2,1H3. The molecule has 1 atom stereocenters. The molecule has 0 saturated heterocycles. The van der Waals surface area contributed by atoms with E-state index >= 15 is 0 Å². The molecule has 0 amide bonds. The van der Waals surface area contributed by atoms with Crippen molar-refractivity contribution in [3.05, 3.63) is 64.1 Å². The maximum absolute atomic E-state index is 5.70. The summed E-state index contributed by atoms with van der Waals surface area (Å²) in [5, 5.41) is 0. The molecule has 0 heterocycles. The van der Waals surface area contributed by atoms with E-state index in [9.17, 15) is 0 Å². The van der Waals surface area contributed by atoms with Gasteiger partial charge in [-0.05, 0) is 52.5 Å². The van der Waals surface area contributed by atoms with Crippen LogP contribution in [-0.2, 0) is 6.42 Å². The molecular formula is C16H19BrN2S. The first kappa shape index (κ1) is 15.6. The number of nitrogens with one attached hydrogen (secondary N) is 1. The van der Waals surface area contributed by atoms with Gasteiger partial charge in [0.25, 0.3) is 0 Å². The number of hydrogen-bond donors (Lipinski definition) is 2. The molecule has 1 unspecified atom stereocenters. The third-order valence-corrected chi connectivity index (χ3v) is 5.43. The van der Waals surface area contributed by atoms with Gasteiger partial charge in [-0.15, -0.1) is 11.8 Å². The first-order valence-corrected chi connectivity index (χ1v) is 8.36. The Morgan fingerprint density at radius 2 is 1.85 bits per heavy atom. The number of rotatable bonds is 6. The van der Waals surface area contributed by atoms with Gasteiger partial charge in [-0.3, -0.25) is 11.3 Å². The van der Waals surface area contributed by atoms with Crippen molar-refractivity contribution in [3.8, 4) is 0 Å². The smallest absolute Gasteiger partial charge is 0.0345 e. The van der Waals surface area contributed by atoms with Crippen LogP contribution in [0.1, 0.15) is 11.1 Å². The van der Waals surface area contributed by atoms with Crippen LogP contribution in [-0.4, -0.2) is 11.8 Å². The Kier molecular flexibility index (Phi) is 6.10. The highest BCUT2D eigenvalue weighted by Gasteiger charge is 2.10. The Morgan fingerprint density at radius 1 is 1.15 bits per heavy atom. The molecule has 0 bridgehead atoms. The number of nitrogens with two attached hydrogens (primary N) is 1. The molecule has 0 spiro atoms. The molecule has 2 aromatic rings. The Bertz CT molecular complexity index is 560. The van der Waals surface area contributed by atoms with E-state index in [-0.39, 0.29) is 6.04 Å². The fourth-order valence-electron chi connectivity index (χ4n) is 2.02. The summed E-state index contributed by atoms with van der Waals surface area (Å²) in [6.45, 7) is 2.14. The Morgan fingerprint density at radius 3 is 2.55 bits per heavy atom. The summed E-state index contributed by atoms with van der Waals surface area (Å²) in [7, 11) is 0. The molecule has 2 rings (SSSR count). The van der Waals surface area contributed by atoms with Gasteiger partial charge in [-0.2, -0.15) is 0 Å². The Hall–Kier alpha value is -0.810. The van der Waals surface area contributed by atoms with Gasteiger partial charge in [0.05, 0.1) is 0 Å². The molecule has 2 aromatic carbocycles. The van der Waals surface area contributed by atoms with Crippen LogP contribution in [0.4, 0.5) is 0 Å². The number of thioether (sulfide) groups is 1. The van der Waals surface area contributed by atoms with Gasteiger partial charge in [-0.25, -0.2) is 0 Å². The van der Waals surface area contributed by atoms with Gasteiger partial charge in [0.15, 0.2) is 0 Å². The Labute approximate surface area is 133 Å².